The highest BCUT2D eigenvalue weighted by Gasteiger charge is 2.18. The average molecular weight is 466 g/mol. The molecule has 7 heteroatoms. The van der Waals surface area contributed by atoms with E-state index >= 15 is 0 Å². The molecule has 0 fully saturated rings. The van der Waals surface area contributed by atoms with Crippen molar-refractivity contribution in [1.29, 1.82) is 0 Å². The van der Waals surface area contributed by atoms with Crippen LogP contribution >= 0.6 is 24.0 Å². The minimum Gasteiger partial charge on any atom is -0.443 e. The molecule has 0 saturated carbocycles. The molecule has 146 valence electrons. The maximum atomic E-state index is 5.76. The van der Waals surface area contributed by atoms with Crippen molar-refractivity contribution in [2.45, 2.75) is 65.8 Å². The van der Waals surface area contributed by atoms with E-state index in [1.165, 1.54) is 6.42 Å². The van der Waals surface area contributed by atoms with Gasteiger partial charge in [0.15, 0.2) is 5.96 Å². The van der Waals surface area contributed by atoms with Gasteiger partial charge in [-0.25, -0.2) is 9.98 Å². The standard InChI is InChI=1S/C18H34N4O2.HI/c1-6-8-11-23-12-9-10-20-17(19-7-2)22-14-16-21-13-15(24-16)18(3,4)5;/h13H,6-12,14H2,1-5H3,(H2,19,20,22);1H. The van der Waals surface area contributed by atoms with Gasteiger partial charge in [0.1, 0.15) is 12.3 Å². The normalized spacial score (nSPS) is 12.0. The van der Waals surface area contributed by atoms with Gasteiger partial charge in [0, 0.05) is 31.7 Å². The third-order valence-electron chi connectivity index (χ3n) is 3.41. The van der Waals surface area contributed by atoms with Gasteiger partial charge in [0.05, 0.1) is 6.20 Å². The van der Waals surface area contributed by atoms with Crippen molar-refractivity contribution in [3.05, 3.63) is 17.8 Å². The highest BCUT2D eigenvalue weighted by Crippen LogP contribution is 2.22. The van der Waals surface area contributed by atoms with Crippen LogP contribution < -0.4 is 10.6 Å². The Balaban J connectivity index is 0.00000576. The predicted molar refractivity (Wildman–Crippen MR) is 114 cm³/mol. The van der Waals surface area contributed by atoms with Gasteiger partial charge in [-0.05, 0) is 19.8 Å². The Kier molecular flexibility index (Phi) is 12.9. The lowest BCUT2D eigenvalue weighted by Gasteiger charge is -2.13. The summed E-state index contributed by atoms with van der Waals surface area (Å²) < 4.78 is 11.3. The molecule has 0 aliphatic heterocycles. The highest BCUT2D eigenvalue weighted by molar-refractivity contribution is 14.0. The summed E-state index contributed by atoms with van der Waals surface area (Å²) in [6.45, 7) is 14.2. The minimum absolute atomic E-state index is 0. The number of oxazole rings is 1. The van der Waals surface area contributed by atoms with Crippen molar-refractivity contribution in [2.24, 2.45) is 4.99 Å². The number of hydrogen-bond donors (Lipinski definition) is 2. The zero-order valence-electron chi connectivity index (χ0n) is 16.4. The topological polar surface area (TPSA) is 71.7 Å². The summed E-state index contributed by atoms with van der Waals surface area (Å²) in [7, 11) is 0. The summed E-state index contributed by atoms with van der Waals surface area (Å²) in [5.41, 5.74) is -0.0323. The van der Waals surface area contributed by atoms with Gasteiger partial charge < -0.3 is 19.8 Å². The van der Waals surface area contributed by atoms with Crippen LogP contribution in [0.2, 0.25) is 0 Å². The van der Waals surface area contributed by atoms with Crippen LogP contribution in [0.15, 0.2) is 15.6 Å². The molecule has 1 heterocycles. The maximum absolute atomic E-state index is 5.76. The summed E-state index contributed by atoms with van der Waals surface area (Å²) >= 11 is 0. The SMILES string of the molecule is CCCCOCCCNC(=NCc1ncc(C(C)(C)C)o1)NCC.I. The molecule has 0 aliphatic rings. The molecule has 0 aliphatic carbocycles. The van der Waals surface area contributed by atoms with E-state index in [1.807, 2.05) is 6.92 Å². The lowest BCUT2D eigenvalue weighted by Crippen LogP contribution is -2.38. The van der Waals surface area contributed by atoms with Crippen LogP contribution in [0.3, 0.4) is 0 Å². The Bertz CT molecular complexity index is 484. The van der Waals surface area contributed by atoms with Crippen LogP contribution in [0.1, 0.15) is 65.5 Å². The molecule has 0 amide bonds. The molecule has 0 saturated heterocycles. The number of aromatic nitrogens is 1. The van der Waals surface area contributed by atoms with E-state index < -0.39 is 0 Å². The number of nitrogens with zero attached hydrogens (tertiary/aromatic N) is 2. The Hall–Kier alpha value is -0.830. The van der Waals surface area contributed by atoms with E-state index in [1.54, 1.807) is 6.20 Å². The van der Waals surface area contributed by atoms with Gasteiger partial charge in [-0.3, -0.25) is 0 Å². The second kappa shape index (κ2) is 13.4. The molecule has 0 bridgehead atoms. The predicted octanol–water partition coefficient (Wildman–Crippen LogP) is 3.85. The molecular formula is C18H35IN4O2. The van der Waals surface area contributed by atoms with Gasteiger partial charge >= 0.3 is 0 Å². The Labute approximate surface area is 169 Å². The molecule has 1 aromatic rings. The molecule has 6 nitrogen and oxygen atoms in total. The van der Waals surface area contributed by atoms with Crippen molar-refractivity contribution < 1.29 is 9.15 Å². The lowest BCUT2D eigenvalue weighted by atomic mass is 9.94. The molecule has 0 aromatic carbocycles. The third kappa shape index (κ3) is 10.7. The van der Waals surface area contributed by atoms with Gasteiger partial charge in [-0.1, -0.05) is 34.1 Å². The Morgan fingerprint density at radius 3 is 2.52 bits per heavy atom. The number of rotatable bonds is 10. The Morgan fingerprint density at radius 2 is 1.92 bits per heavy atom. The molecule has 1 aromatic heterocycles. The fourth-order valence-corrected chi connectivity index (χ4v) is 1.95. The number of aliphatic imine (C=N–C) groups is 1. The van der Waals surface area contributed by atoms with E-state index in [0.29, 0.717) is 12.4 Å². The molecule has 25 heavy (non-hydrogen) atoms. The number of ether oxygens (including phenoxy) is 1. The number of hydrogen-bond acceptors (Lipinski definition) is 4. The first kappa shape index (κ1) is 24.2. The first-order valence-electron chi connectivity index (χ1n) is 9.02. The maximum Gasteiger partial charge on any atom is 0.216 e. The van der Waals surface area contributed by atoms with Gasteiger partial charge in [-0.2, -0.15) is 0 Å². The van der Waals surface area contributed by atoms with Crippen molar-refractivity contribution in [3.8, 4) is 0 Å². The second-order valence-corrected chi connectivity index (χ2v) is 6.81. The van der Waals surface area contributed by atoms with E-state index in [0.717, 1.165) is 50.9 Å². The number of halogens is 1. The molecule has 0 spiro atoms. The third-order valence-corrected chi connectivity index (χ3v) is 3.41. The van der Waals surface area contributed by atoms with Crippen LogP contribution in [0, 0.1) is 0 Å². The molecule has 2 N–H and O–H groups in total. The zero-order valence-corrected chi connectivity index (χ0v) is 18.7. The Morgan fingerprint density at radius 1 is 1.20 bits per heavy atom. The minimum atomic E-state index is -0.0323. The quantitative estimate of drug-likeness (QED) is 0.237. The molecule has 1 rings (SSSR count). The fourth-order valence-electron chi connectivity index (χ4n) is 1.95. The zero-order chi connectivity index (χ0) is 17.8. The summed E-state index contributed by atoms with van der Waals surface area (Å²) in [6, 6.07) is 0. The molecule has 0 unspecified atom stereocenters. The summed E-state index contributed by atoms with van der Waals surface area (Å²) in [4.78, 5) is 8.83. The number of nitrogens with one attached hydrogen (secondary N) is 2. The van der Waals surface area contributed by atoms with Crippen LogP contribution in [-0.4, -0.2) is 37.2 Å². The van der Waals surface area contributed by atoms with Crippen molar-refractivity contribution in [1.82, 2.24) is 15.6 Å². The lowest BCUT2D eigenvalue weighted by molar-refractivity contribution is 0.129. The molecule has 0 atom stereocenters. The van der Waals surface area contributed by atoms with Crippen LogP contribution in [0.4, 0.5) is 0 Å². The van der Waals surface area contributed by atoms with Crippen LogP contribution in [-0.2, 0) is 16.7 Å². The van der Waals surface area contributed by atoms with Gasteiger partial charge in [0.2, 0.25) is 5.89 Å². The van der Waals surface area contributed by atoms with Crippen molar-refractivity contribution >= 4 is 29.9 Å². The van der Waals surface area contributed by atoms with Crippen LogP contribution in [0.25, 0.3) is 0 Å². The smallest absolute Gasteiger partial charge is 0.216 e. The first-order chi connectivity index (χ1) is 11.5. The largest absolute Gasteiger partial charge is 0.443 e. The van der Waals surface area contributed by atoms with Crippen molar-refractivity contribution in [2.75, 3.05) is 26.3 Å². The van der Waals surface area contributed by atoms with E-state index in [-0.39, 0.29) is 29.4 Å². The second-order valence-electron chi connectivity index (χ2n) is 6.81. The summed E-state index contributed by atoms with van der Waals surface area (Å²) in [6.07, 6.45) is 5.05. The number of guanidine groups is 1. The van der Waals surface area contributed by atoms with E-state index in [4.69, 9.17) is 9.15 Å². The summed E-state index contributed by atoms with van der Waals surface area (Å²) in [5.74, 6) is 2.30. The monoisotopic (exact) mass is 466 g/mol. The van der Waals surface area contributed by atoms with Crippen LogP contribution in [0.5, 0.6) is 0 Å². The van der Waals surface area contributed by atoms with Crippen molar-refractivity contribution in [3.63, 3.8) is 0 Å². The van der Waals surface area contributed by atoms with E-state index in [9.17, 15) is 0 Å². The highest BCUT2D eigenvalue weighted by atomic mass is 127. The molecule has 0 radical (unpaired) electrons. The fraction of sp³-hybridized carbons (Fsp3) is 0.778. The number of unbranched alkanes of at least 4 members (excludes halogenated alkanes) is 1. The average Bonchev–Trinajstić information content (AvgIpc) is 3.01. The molecular weight excluding hydrogens is 431 g/mol. The first-order valence-corrected chi connectivity index (χ1v) is 9.02. The summed E-state index contributed by atoms with van der Waals surface area (Å²) in [5, 5.41) is 6.54. The van der Waals surface area contributed by atoms with Gasteiger partial charge in [-0.15, -0.1) is 24.0 Å². The van der Waals surface area contributed by atoms with Gasteiger partial charge in [0.25, 0.3) is 0 Å². The van der Waals surface area contributed by atoms with E-state index in [2.05, 4.69) is 48.3 Å².